The Labute approximate surface area is 133 Å². The molecule has 0 spiro atoms. The first-order valence-corrected chi connectivity index (χ1v) is 8.22. The van der Waals surface area contributed by atoms with Crippen molar-refractivity contribution in [2.75, 3.05) is 19.6 Å². The molecule has 3 rings (SSSR count). The number of likely N-dealkylation sites (tertiary alicyclic amines) is 1. The summed E-state index contributed by atoms with van der Waals surface area (Å²) in [5, 5.41) is 3.51. The summed E-state index contributed by atoms with van der Waals surface area (Å²) in [6, 6.07) is 10.3. The van der Waals surface area contributed by atoms with Gasteiger partial charge in [-0.2, -0.15) is 0 Å². The molecule has 0 saturated carbocycles. The highest BCUT2D eigenvalue weighted by molar-refractivity contribution is 9.10. The van der Waals surface area contributed by atoms with Gasteiger partial charge in [0, 0.05) is 13.1 Å². The standard InChI is InChI=1S/C16H20BrN3O/c17-16-7-3-5-13(19-16)11-18-12-14(15-6-4-10-21-15)20-8-1-2-9-20/h3-7,10,14,18H,1-2,8-9,11-12H2. The zero-order chi connectivity index (χ0) is 14.5. The van der Waals surface area contributed by atoms with Crippen molar-refractivity contribution in [2.45, 2.75) is 25.4 Å². The summed E-state index contributed by atoms with van der Waals surface area (Å²) in [6.45, 7) is 3.95. The van der Waals surface area contributed by atoms with E-state index in [1.165, 1.54) is 12.8 Å². The fourth-order valence-electron chi connectivity index (χ4n) is 2.83. The van der Waals surface area contributed by atoms with Crippen molar-refractivity contribution in [1.29, 1.82) is 0 Å². The van der Waals surface area contributed by atoms with Crippen LogP contribution in [-0.2, 0) is 6.54 Å². The van der Waals surface area contributed by atoms with Gasteiger partial charge in [0.05, 0.1) is 18.0 Å². The van der Waals surface area contributed by atoms with E-state index in [1.54, 1.807) is 6.26 Å². The summed E-state index contributed by atoms with van der Waals surface area (Å²) < 4.78 is 6.50. The highest BCUT2D eigenvalue weighted by atomic mass is 79.9. The SMILES string of the molecule is Brc1cccc(CNCC(c2ccco2)N2CCCC2)n1. The predicted molar refractivity (Wildman–Crippen MR) is 85.9 cm³/mol. The van der Waals surface area contributed by atoms with Crippen LogP contribution in [0.5, 0.6) is 0 Å². The van der Waals surface area contributed by atoms with Gasteiger partial charge in [-0.25, -0.2) is 4.98 Å². The van der Waals surface area contributed by atoms with Gasteiger partial charge in [-0.3, -0.25) is 4.90 Å². The molecule has 2 aromatic heterocycles. The van der Waals surface area contributed by atoms with Crippen LogP contribution in [-0.4, -0.2) is 29.5 Å². The van der Waals surface area contributed by atoms with E-state index >= 15 is 0 Å². The number of hydrogen-bond acceptors (Lipinski definition) is 4. The Morgan fingerprint density at radius 1 is 1.24 bits per heavy atom. The summed E-state index contributed by atoms with van der Waals surface area (Å²) in [5.74, 6) is 1.05. The second-order valence-corrected chi connectivity index (χ2v) is 6.17. The average Bonchev–Trinajstić information content (AvgIpc) is 3.17. The maximum atomic E-state index is 5.63. The van der Waals surface area contributed by atoms with Gasteiger partial charge < -0.3 is 9.73 Å². The molecule has 1 fully saturated rings. The molecule has 0 aromatic carbocycles. The molecule has 0 aliphatic carbocycles. The molecule has 1 unspecified atom stereocenters. The number of furan rings is 1. The van der Waals surface area contributed by atoms with Crippen LogP contribution in [0, 0.1) is 0 Å². The molecular formula is C16H20BrN3O. The summed E-state index contributed by atoms with van der Waals surface area (Å²) in [5.41, 5.74) is 1.05. The van der Waals surface area contributed by atoms with Crippen LogP contribution in [0.2, 0.25) is 0 Å². The Balaban J connectivity index is 1.60. The molecule has 1 N–H and O–H groups in total. The smallest absolute Gasteiger partial charge is 0.122 e. The molecule has 1 aliphatic heterocycles. The van der Waals surface area contributed by atoms with Crippen molar-refractivity contribution in [3.05, 3.63) is 52.7 Å². The van der Waals surface area contributed by atoms with Crippen molar-refractivity contribution in [2.24, 2.45) is 0 Å². The zero-order valence-electron chi connectivity index (χ0n) is 12.0. The van der Waals surface area contributed by atoms with Crippen molar-refractivity contribution in [3.8, 4) is 0 Å². The number of aromatic nitrogens is 1. The topological polar surface area (TPSA) is 41.3 Å². The number of pyridine rings is 1. The molecule has 21 heavy (non-hydrogen) atoms. The van der Waals surface area contributed by atoms with Crippen LogP contribution < -0.4 is 5.32 Å². The van der Waals surface area contributed by atoms with Gasteiger partial charge in [-0.05, 0) is 66.1 Å². The number of rotatable bonds is 6. The second-order valence-electron chi connectivity index (χ2n) is 5.36. The first kappa shape index (κ1) is 14.8. The van der Waals surface area contributed by atoms with E-state index in [-0.39, 0.29) is 0 Å². The van der Waals surface area contributed by atoms with E-state index in [0.717, 1.165) is 42.2 Å². The Bertz CT molecular complexity index is 552. The molecule has 1 aliphatic rings. The number of hydrogen-bond donors (Lipinski definition) is 1. The Hall–Kier alpha value is -1.17. The molecular weight excluding hydrogens is 330 g/mol. The first-order valence-electron chi connectivity index (χ1n) is 7.42. The van der Waals surface area contributed by atoms with E-state index in [9.17, 15) is 0 Å². The summed E-state index contributed by atoms with van der Waals surface area (Å²) in [6.07, 6.45) is 4.32. The fraction of sp³-hybridized carbons (Fsp3) is 0.438. The van der Waals surface area contributed by atoms with E-state index in [0.29, 0.717) is 6.04 Å². The zero-order valence-corrected chi connectivity index (χ0v) is 13.6. The molecule has 0 amide bonds. The molecule has 4 nitrogen and oxygen atoms in total. The van der Waals surface area contributed by atoms with Crippen molar-refractivity contribution >= 4 is 15.9 Å². The molecule has 0 bridgehead atoms. The Kier molecular flexibility index (Phi) is 5.06. The molecule has 1 saturated heterocycles. The summed E-state index contributed by atoms with van der Waals surface area (Å²) in [4.78, 5) is 6.95. The van der Waals surface area contributed by atoms with Crippen LogP contribution in [0.3, 0.4) is 0 Å². The van der Waals surface area contributed by atoms with Gasteiger partial charge in [0.15, 0.2) is 0 Å². The van der Waals surface area contributed by atoms with Crippen LogP contribution >= 0.6 is 15.9 Å². The normalized spacial score (nSPS) is 17.2. The molecule has 5 heteroatoms. The van der Waals surface area contributed by atoms with Gasteiger partial charge in [0.1, 0.15) is 10.4 Å². The minimum absolute atomic E-state index is 0.314. The lowest BCUT2D eigenvalue weighted by Gasteiger charge is -2.26. The third kappa shape index (κ3) is 3.93. The van der Waals surface area contributed by atoms with E-state index in [2.05, 4.69) is 37.2 Å². The van der Waals surface area contributed by atoms with Gasteiger partial charge >= 0.3 is 0 Å². The quantitative estimate of drug-likeness (QED) is 0.811. The summed E-state index contributed by atoms with van der Waals surface area (Å²) >= 11 is 3.41. The lowest BCUT2D eigenvalue weighted by atomic mass is 10.2. The van der Waals surface area contributed by atoms with Crippen molar-refractivity contribution in [1.82, 2.24) is 15.2 Å². The molecule has 1 atom stereocenters. The highest BCUT2D eigenvalue weighted by Crippen LogP contribution is 2.24. The lowest BCUT2D eigenvalue weighted by Crippen LogP contribution is -2.33. The van der Waals surface area contributed by atoms with Crippen molar-refractivity contribution in [3.63, 3.8) is 0 Å². The van der Waals surface area contributed by atoms with Gasteiger partial charge in [0.2, 0.25) is 0 Å². The van der Waals surface area contributed by atoms with Crippen LogP contribution in [0.1, 0.15) is 30.3 Å². The predicted octanol–water partition coefficient (Wildman–Crippen LogP) is 3.36. The van der Waals surface area contributed by atoms with E-state index in [1.807, 2.05) is 24.3 Å². The monoisotopic (exact) mass is 349 g/mol. The van der Waals surface area contributed by atoms with Crippen molar-refractivity contribution < 1.29 is 4.42 Å². The highest BCUT2D eigenvalue weighted by Gasteiger charge is 2.25. The largest absolute Gasteiger partial charge is 0.468 e. The molecule has 0 radical (unpaired) electrons. The Morgan fingerprint density at radius 2 is 2.10 bits per heavy atom. The maximum Gasteiger partial charge on any atom is 0.122 e. The minimum atomic E-state index is 0.314. The van der Waals surface area contributed by atoms with E-state index < -0.39 is 0 Å². The second kappa shape index (κ2) is 7.20. The number of nitrogens with zero attached hydrogens (tertiary/aromatic N) is 2. The number of nitrogens with one attached hydrogen (secondary N) is 1. The number of halogens is 1. The first-order chi connectivity index (χ1) is 10.3. The molecule has 3 heterocycles. The van der Waals surface area contributed by atoms with Crippen LogP contribution in [0.15, 0.2) is 45.6 Å². The van der Waals surface area contributed by atoms with Crippen LogP contribution in [0.25, 0.3) is 0 Å². The Morgan fingerprint density at radius 3 is 2.81 bits per heavy atom. The fourth-order valence-corrected chi connectivity index (χ4v) is 3.21. The third-order valence-electron chi connectivity index (χ3n) is 3.87. The maximum absolute atomic E-state index is 5.63. The summed E-state index contributed by atoms with van der Waals surface area (Å²) in [7, 11) is 0. The van der Waals surface area contributed by atoms with E-state index in [4.69, 9.17) is 4.42 Å². The van der Waals surface area contributed by atoms with Crippen LogP contribution in [0.4, 0.5) is 0 Å². The minimum Gasteiger partial charge on any atom is -0.468 e. The average molecular weight is 350 g/mol. The third-order valence-corrected chi connectivity index (χ3v) is 4.31. The van der Waals surface area contributed by atoms with Gasteiger partial charge in [-0.15, -0.1) is 0 Å². The molecule has 2 aromatic rings. The van der Waals surface area contributed by atoms with Gasteiger partial charge in [0.25, 0.3) is 0 Å². The molecule has 112 valence electrons. The van der Waals surface area contributed by atoms with Gasteiger partial charge in [-0.1, -0.05) is 6.07 Å². The lowest BCUT2D eigenvalue weighted by molar-refractivity contribution is 0.209.